The second kappa shape index (κ2) is 5.09. The first kappa shape index (κ1) is 13.1. The molecule has 7 heteroatoms. The summed E-state index contributed by atoms with van der Waals surface area (Å²) in [4.78, 5) is 3.86. The lowest BCUT2D eigenvalue weighted by Crippen LogP contribution is -2.26. The number of furan rings is 1. The molecule has 0 N–H and O–H groups in total. The van der Waals surface area contributed by atoms with Crippen LogP contribution < -0.4 is 0 Å². The Balaban J connectivity index is 2.25. The summed E-state index contributed by atoms with van der Waals surface area (Å²) in [5.74, 6) is 0.571. The number of hydrogen-bond acceptors (Lipinski definition) is 4. The lowest BCUT2D eigenvalue weighted by molar-refractivity contribution is 0.406. The molecule has 5 nitrogen and oxygen atoms in total. The number of rotatable bonds is 4. The fraction of sp³-hybridized carbons (Fsp3) is 0.182. The highest BCUT2D eigenvalue weighted by Gasteiger charge is 2.22. The Labute approximate surface area is 110 Å². The average molecular weight is 287 g/mol. The lowest BCUT2D eigenvalue weighted by atomic mass is 10.4. The van der Waals surface area contributed by atoms with Crippen molar-refractivity contribution in [3.05, 3.63) is 47.6 Å². The SMILES string of the molecule is CN(Cc1ccco1)S(=O)(=O)c1ccnc(Cl)c1. The van der Waals surface area contributed by atoms with Crippen LogP contribution in [0.3, 0.4) is 0 Å². The van der Waals surface area contributed by atoms with Crippen LogP contribution in [-0.4, -0.2) is 24.8 Å². The molecule has 96 valence electrons. The maximum Gasteiger partial charge on any atom is 0.243 e. The van der Waals surface area contributed by atoms with Gasteiger partial charge in [-0.3, -0.25) is 0 Å². The largest absolute Gasteiger partial charge is 0.468 e. The standard InChI is InChI=1S/C11H11ClN2O3S/c1-14(8-9-3-2-6-17-9)18(15,16)10-4-5-13-11(12)7-10/h2-7H,8H2,1H3. The van der Waals surface area contributed by atoms with Crippen LogP contribution in [0.4, 0.5) is 0 Å². The first-order chi connectivity index (χ1) is 8.50. The fourth-order valence-electron chi connectivity index (χ4n) is 1.43. The molecular formula is C11H11ClN2O3S. The molecule has 0 amide bonds. The minimum atomic E-state index is -3.59. The number of hydrogen-bond donors (Lipinski definition) is 0. The van der Waals surface area contributed by atoms with Gasteiger partial charge in [0, 0.05) is 13.2 Å². The van der Waals surface area contributed by atoms with E-state index in [1.54, 1.807) is 12.1 Å². The fourth-order valence-corrected chi connectivity index (χ4v) is 2.82. The van der Waals surface area contributed by atoms with Gasteiger partial charge in [0.25, 0.3) is 0 Å². The molecule has 0 saturated carbocycles. The monoisotopic (exact) mass is 286 g/mol. The molecule has 0 spiro atoms. The zero-order valence-electron chi connectivity index (χ0n) is 9.58. The summed E-state index contributed by atoms with van der Waals surface area (Å²) in [6.45, 7) is 0.162. The lowest BCUT2D eigenvalue weighted by Gasteiger charge is -2.15. The van der Waals surface area contributed by atoms with E-state index < -0.39 is 10.0 Å². The van der Waals surface area contributed by atoms with Crippen LogP contribution in [-0.2, 0) is 16.6 Å². The molecule has 2 aromatic rings. The third-order valence-electron chi connectivity index (χ3n) is 2.36. The van der Waals surface area contributed by atoms with E-state index in [0.717, 1.165) is 0 Å². The second-order valence-electron chi connectivity index (χ2n) is 3.65. The van der Waals surface area contributed by atoms with Crippen LogP contribution in [0.2, 0.25) is 5.15 Å². The summed E-state index contributed by atoms with van der Waals surface area (Å²) in [6.07, 6.45) is 2.86. The Hall–Kier alpha value is -1.37. The van der Waals surface area contributed by atoms with Gasteiger partial charge in [0.1, 0.15) is 10.9 Å². The van der Waals surface area contributed by atoms with E-state index in [9.17, 15) is 8.42 Å². The maximum absolute atomic E-state index is 12.2. The van der Waals surface area contributed by atoms with Gasteiger partial charge in [0.05, 0.1) is 17.7 Å². The Morgan fingerprint density at radius 3 is 2.83 bits per heavy atom. The quantitative estimate of drug-likeness (QED) is 0.808. The van der Waals surface area contributed by atoms with Crippen LogP contribution in [0.5, 0.6) is 0 Å². The van der Waals surface area contributed by atoms with E-state index in [1.165, 1.54) is 35.9 Å². The Morgan fingerprint density at radius 2 is 2.22 bits per heavy atom. The van der Waals surface area contributed by atoms with Crippen molar-refractivity contribution in [1.29, 1.82) is 0 Å². The van der Waals surface area contributed by atoms with E-state index in [0.29, 0.717) is 5.76 Å². The molecule has 2 rings (SSSR count). The second-order valence-corrected chi connectivity index (χ2v) is 6.09. The third kappa shape index (κ3) is 2.72. The highest BCUT2D eigenvalue weighted by atomic mass is 35.5. The minimum absolute atomic E-state index is 0.108. The number of halogens is 1. The summed E-state index contributed by atoms with van der Waals surface area (Å²) in [5.41, 5.74) is 0. The summed E-state index contributed by atoms with van der Waals surface area (Å²) >= 11 is 5.69. The molecule has 0 atom stereocenters. The van der Waals surface area contributed by atoms with Gasteiger partial charge in [-0.15, -0.1) is 0 Å². The molecule has 0 bridgehead atoms. The van der Waals surface area contributed by atoms with Crippen molar-refractivity contribution in [2.24, 2.45) is 0 Å². The molecule has 0 fully saturated rings. The van der Waals surface area contributed by atoms with Crippen molar-refractivity contribution >= 4 is 21.6 Å². The Morgan fingerprint density at radius 1 is 1.44 bits per heavy atom. The molecule has 2 aromatic heterocycles. The molecule has 2 heterocycles. The molecule has 0 aliphatic rings. The van der Waals surface area contributed by atoms with Crippen LogP contribution in [0.25, 0.3) is 0 Å². The first-order valence-corrected chi connectivity index (χ1v) is 6.92. The summed E-state index contributed by atoms with van der Waals surface area (Å²) in [5, 5.41) is 0.141. The highest BCUT2D eigenvalue weighted by Crippen LogP contribution is 2.18. The third-order valence-corrected chi connectivity index (χ3v) is 4.37. The van der Waals surface area contributed by atoms with E-state index in [4.69, 9.17) is 16.0 Å². The van der Waals surface area contributed by atoms with Gasteiger partial charge in [-0.2, -0.15) is 4.31 Å². The van der Waals surface area contributed by atoms with Gasteiger partial charge >= 0.3 is 0 Å². The smallest absolute Gasteiger partial charge is 0.243 e. The topological polar surface area (TPSA) is 63.4 Å². The van der Waals surface area contributed by atoms with Crippen LogP contribution in [0.15, 0.2) is 46.0 Å². The number of sulfonamides is 1. The first-order valence-electron chi connectivity index (χ1n) is 5.10. The van der Waals surface area contributed by atoms with Gasteiger partial charge in [-0.05, 0) is 24.3 Å². The number of aromatic nitrogens is 1. The predicted molar refractivity (Wildman–Crippen MR) is 66.6 cm³/mol. The highest BCUT2D eigenvalue weighted by molar-refractivity contribution is 7.89. The van der Waals surface area contributed by atoms with Gasteiger partial charge in [0.2, 0.25) is 10.0 Å². The van der Waals surface area contributed by atoms with Crippen molar-refractivity contribution in [2.75, 3.05) is 7.05 Å². The van der Waals surface area contributed by atoms with Crippen molar-refractivity contribution in [2.45, 2.75) is 11.4 Å². The van der Waals surface area contributed by atoms with Crippen molar-refractivity contribution < 1.29 is 12.8 Å². The van der Waals surface area contributed by atoms with Crippen LogP contribution >= 0.6 is 11.6 Å². The zero-order valence-corrected chi connectivity index (χ0v) is 11.1. The molecule has 0 aliphatic heterocycles. The van der Waals surface area contributed by atoms with Crippen molar-refractivity contribution in [1.82, 2.24) is 9.29 Å². The molecule has 0 saturated heterocycles. The van der Waals surface area contributed by atoms with Crippen molar-refractivity contribution in [3.8, 4) is 0 Å². The van der Waals surface area contributed by atoms with E-state index in [-0.39, 0.29) is 16.6 Å². The summed E-state index contributed by atoms with van der Waals surface area (Å²) in [7, 11) is -2.11. The maximum atomic E-state index is 12.2. The Bertz CT molecular complexity index is 625. The number of pyridine rings is 1. The predicted octanol–water partition coefficient (Wildman–Crippen LogP) is 2.15. The van der Waals surface area contributed by atoms with Gasteiger partial charge < -0.3 is 4.42 Å². The number of nitrogens with zero attached hydrogens (tertiary/aromatic N) is 2. The minimum Gasteiger partial charge on any atom is -0.468 e. The van der Waals surface area contributed by atoms with Crippen molar-refractivity contribution in [3.63, 3.8) is 0 Å². The summed E-state index contributed by atoms with van der Waals surface area (Å²) < 4.78 is 30.7. The molecule has 0 radical (unpaired) electrons. The van der Waals surface area contributed by atoms with Crippen LogP contribution in [0, 0.1) is 0 Å². The van der Waals surface area contributed by atoms with Gasteiger partial charge in [-0.1, -0.05) is 11.6 Å². The molecule has 0 aliphatic carbocycles. The normalized spacial score (nSPS) is 11.9. The molecule has 18 heavy (non-hydrogen) atoms. The van der Waals surface area contributed by atoms with Gasteiger partial charge in [-0.25, -0.2) is 13.4 Å². The van der Waals surface area contributed by atoms with Crippen LogP contribution in [0.1, 0.15) is 5.76 Å². The molecule has 0 unspecified atom stereocenters. The molecule has 0 aromatic carbocycles. The molecular weight excluding hydrogens is 276 g/mol. The Kier molecular flexibility index (Phi) is 3.70. The zero-order chi connectivity index (χ0) is 13.2. The van der Waals surface area contributed by atoms with E-state index in [1.807, 2.05) is 0 Å². The average Bonchev–Trinajstić information content (AvgIpc) is 2.81. The van der Waals surface area contributed by atoms with E-state index >= 15 is 0 Å². The summed E-state index contributed by atoms with van der Waals surface area (Å²) in [6, 6.07) is 6.14. The van der Waals surface area contributed by atoms with Gasteiger partial charge in [0.15, 0.2) is 0 Å². The van der Waals surface area contributed by atoms with E-state index in [2.05, 4.69) is 4.98 Å².